The van der Waals surface area contributed by atoms with Gasteiger partial charge in [-0.2, -0.15) is 0 Å². The van der Waals surface area contributed by atoms with E-state index in [0.717, 1.165) is 30.4 Å². The average molecular weight is 241 g/mol. The molecule has 0 atom stereocenters. The van der Waals surface area contributed by atoms with Crippen LogP contribution in [-0.2, 0) is 17.8 Å². The molecule has 4 heteroatoms. The van der Waals surface area contributed by atoms with Gasteiger partial charge in [-0.15, -0.1) is 0 Å². The van der Waals surface area contributed by atoms with Gasteiger partial charge in [0.1, 0.15) is 11.6 Å². The molecule has 0 aliphatic rings. The van der Waals surface area contributed by atoms with E-state index in [1.807, 2.05) is 0 Å². The number of hydrogen-bond acceptors (Lipinski definition) is 3. The van der Waals surface area contributed by atoms with Crippen LogP contribution in [0.3, 0.4) is 0 Å². The van der Waals surface area contributed by atoms with Crippen LogP contribution in [0.25, 0.3) is 0 Å². The lowest BCUT2D eigenvalue weighted by Gasteiger charge is -2.14. The number of nitrogens with two attached hydrogens (primary N) is 1. The first-order chi connectivity index (χ1) is 8.22. The van der Waals surface area contributed by atoms with Crippen molar-refractivity contribution in [1.82, 2.24) is 0 Å². The second kappa shape index (κ2) is 7.25. The Labute approximate surface area is 102 Å². The molecule has 0 saturated heterocycles. The van der Waals surface area contributed by atoms with E-state index in [4.69, 9.17) is 15.2 Å². The van der Waals surface area contributed by atoms with E-state index in [9.17, 15) is 4.39 Å². The van der Waals surface area contributed by atoms with Gasteiger partial charge in [0.05, 0.1) is 13.7 Å². The molecule has 0 unspecified atom stereocenters. The minimum Gasteiger partial charge on any atom is -0.496 e. The summed E-state index contributed by atoms with van der Waals surface area (Å²) in [5, 5.41) is 0. The third-order valence-electron chi connectivity index (χ3n) is 2.67. The molecule has 2 N–H and O–H groups in total. The molecule has 0 fully saturated rings. The first kappa shape index (κ1) is 13.9. The monoisotopic (exact) mass is 241 g/mol. The van der Waals surface area contributed by atoms with Crippen molar-refractivity contribution < 1.29 is 13.9 Å². The summed E-state index contributed by atoms with van der Waals surface area (Å²) in [5.41, 5.74) is 7.33. The molecule has 0 heterocycles. The maximum Gasteiger partial charge on any atom is 0.127 e. The van der Waals surface area contributed by atoms with Crippen molar-refractivity contribution in [3.63, 3.8) is 0 Å². The van der Waals surface area contributed by atoms with E-state index in [1.54, 1.807) is 14.2 Å². The molecule has 17 heavy (non-hydrogen) atoms. The number of methoxy groups -OCH3 is 2. The molecule has 0 bridgehead atoms. The number of benzene rings is 1. The van der Waals surface area contributed by atoms with Crippen molar-refractivity contribution in [3.8, 4) is 5.75 Å². The van der Waals surface area contributed by atoms with Crippen LogP contribution in [0.1, 0.15) is 24.0 Å². The lowest BCUT2D eigenvalue weighted by molar-refractivity contribution is 0.183. The van der Waals surface area contributed by atoms with E-state index in [2.05, 4.69) is 0 Å². The highest BCUT2D eigenvalue weighted by molar-refractivity contribution is 5.40. The number of rotatable bonds is 7. The van der Waals surface area contributed by atoms with Crippen LogP contribution >= 0.6 is 0 Å². The molecule has 1 aromatic carbocycles. The van der Waals surface area contributed by atoms with Gasteiger partial charge in [-0.25, -0.2) is 4.39 Å². The Morgan fingerprint density at radius 1 is 1.24 bits per heavy atom. The fourth-order valence-electron chi connectivity index (χ4n) is 1.86. The van der Waals surface area contributed by atoms with Crippen molar-refractivity contribution in [2.75, 3.05) is 20.8 Å². The SMILES string of the molecule is COCc1cc(F)cc(OC)c1CCCCN. The predicted molar refractivity (Wildman–Crippen MR) is 65.7 cm³/mol. The van der Waals surface area contributed by atoms with E-state index < -0.39 is 0 Å². The number of unbranched alkanes of at least 4 members (excludes halogenated alkanes) is 1. The largest absolute Gasteiger partial charge is 0.496 e. The topological polar surface area (TPSA) is 44.5 Å². The molecule has 0 aliphatic carbocycles. The Balaban J connectivity index is 2.94. The van der Waals surface area contributed by atoms with Crippen molar-refractivity contribution >= 4 is 0 Å². The number of halogens is 1. The quantitative estimate of drug-likeness (QED) is 0.745. The number of ether oxygens (including phenoxy) is 2. The van der Waals surface area contributed by atoms with Gasteiger partial charge in [0.2, 0.25) is 0 Å². The Kier molecular flexibility index (Phi) is 5.94. The van der Waals surface area contributed by atoms with E-state index in [-0.39, 0.29) is 5.82 Å². The van der Waals surface area contributed by atoms with Crippen LogP contribution < -0.4 is 10.5 Å². The van der Waals surface area contributed by atoms with Crippen LogP contribution in [0.4, 0.5) is 4.39 Å². The van der Waals surface area contributed by atoms with Crippen LogP contribution in [0.2, 0.25) is 0 Å². The lowest BCUT2D eigenvalue weighted by Crippen LogP contribution is -2.04. The molecular formula is C13H20FNO2. The minimum absolute atomic E-state index is 0.295. The maximum atomic E-state index is 13.4. The van der Waals surface area contributed by atoms with Gasteiger partial charge in [-0.1, -0.05) is 0 Å². The Hall–Kier alpha value is -1.13. The summed E-state index contributed by atoms with van der Waals surface area (Å²) in [6.45, 7) is 1.06. The smallest absolute Gasteiger partial charge is 0.127 e. The molecular weight excluding hydrogens is 221 g/mol. The van der Waals surface area contributed by atoms with Crippen LogP contribution in [0.5, 0.6) is 5.75 Å². The van der Waals surface area contributed by atoms with E-state index in [0.29, 0.717) is 18.9 Å². The zero-order valence-electron chi connectivity index (χ0n) is 10.5. The summed E-state index contributed by atoms with van der Waals surface area (Å²) in [7, 11) is 3.15. The molecule has 0 saturated carbocycles. The zero-order valence-corrected chi connectivity index (χ0v) is 10.5. The molecule has 1 rings (SSSR count). The fraction of sp³-hybridized carbons (Fsp3) is 0.538. The number of hydrogen-bond donors (Lipinski definition) is 1. The van der Waals surface area contributed by atoms with Crippen molar-refractivity contribution in [2.45, 2.75) is 25.9 Å². The summed E-state index contributed by atoms with van der Waals surface area (Å²) in [6.07, 6.45) is 2.75. The first-order valence-electron chi connectivity index (χ1n) is 5.77. The molecule has 3 nitrogen and oxygen atoms in total. The van der Waals surface area contributed by atoms with Gasteiger partial charge < -0.3 is 15.2 Å². The highest BCUT2D eigenvalue weighted by atomic mass is 19.1. The van der Waals surface area contributed by atoms with Crippen LogP contribution in [-0.4, -0.2) is 20.8 Å². The standard InChI is InChI=1S/C13H20FNO2/c1-16-9-10-7-11(14)8-13(17-2)12(10)5-3-4-6-15/h7-8H,3-6,9,15H2,1-2H3. The summed E-state index contributed by atoms with van der Waals surface area (Å²) in [5.74, 6) is 0.297. The second-order valence-corrected chi connectivity index (χ2v) is 3.92. The lowest BCUT2D eigenvalue weighted by atomic mass is 10.0. The van der Waals surface area contributed by atoms with Gasteiger partial charge >= 0.3 is 0 Å². The predicted octanol–water partition coefficient (Wildman–Crippen LogP) is 2.26. The fourth-order valence-corrected chi connectivity index (χ4v) is 1.86. The highest BCUT2D eigenvalue weighted by Crippen LogP contribution is 2.26. The maximum absolute atomic E-state index is 13.4. The molecule has 1 aromatic rings. The summed E-state index contributed by atoms with van der Waals surface area (Å²) in [4.78, 5) is 0. The van der Waals surface area contributed by atoms with Crippen LogP contribution in [0, 0.1) is 5.82 Å². The summed E-state index contributed by atoms with van der Waals surface area (Å²) < 4.78 is 23.7. The van der Waals surface area contributed by atoms with E-state index >= 15 is 0 Å². The van der Waals surface area contributed by atoms with Gasteiger partial charge in [0.25, 0.3) is 0 Å². The minimum atomic E-state index is -0.295. The second-order valence-electron chi connectivity index (χ2n) is 3.92. The Morgan fingerprint density at radius 2 is 2.00 bits per heavy atom. The van der Waals surface area contributed by atoms with Gasteiger partial charge in [-0.05, 0) is 43.0 Å². The van der Waals surface area contributed by atoms with Crippen molar-refractivity contribution in [2.24, 2.45) is 5.73 Å². The van der Waals surface area contributed by atoms with Gasteiger partial charge in [0.15, 0.2) is 0 Å². The molecule has 0 radical (unpaired) electrons. The van der Waals surface area contributed by atoms with Crippen LogP contribution in [0.15, 0.2) is 12.1 Å². The first-order valence-corrected chi connectivity index (χ1v) is 5.77. The average Bonchev–Trinajstić information content (AvgIpc) is 2.31. The zero-order chi connectivity index (χ0) is 12.7. The molecule has 0 aliphatic heterocycles. The Bertz CT molecular complexity index is 356. The molecule has 0 aromatic heterocycles. The normalized spacial score (nSPS) is 10.6. The Morgan fingerprint density at radius 3 is 2.59 bits per heavy atom. The van der Waals surface area contributed by atoms with Crippen molar-refractivity contribution in [3.05, 3.63) is 29.1 Å². The molecule has 0 amide bonds. The molecule has 96 valence electrons. The molecule has 0 spiro atoms. The summed E-state index contributed by atoms with van der Waals surface area (Å²) in [6, 6.07) is 2.92. The third kappa shape index (κ3) is 3.98. The van der Waals surface area contributed by atoms with Gasteiger partial charge in [0, 0.05) is 13.2 Å². The third-order valence-corrected chi connectivity index (χ3v) is 2.67. The highest BCUT2D eigenvalue weighted by Gasteiger charge is 2.11. The van der Waals surface area contributed by atoms with Gasteiger partial charge in [-0.3, -0.25) is 0 Å². The summed E-state index contributed by atoms with van der Waals surface area (Å²) >= 11 is 0. The van der Waals surface area contributed by atoms with E-state index in [1.165, 1.54) is 12.1 Å². The van der Waals surface area contributed by atoms with Crippen molar-refractivity contribution in [1.29, 1.82) is 0 Å².